The van der Waals surface area contributed by atoms with Crippen molar-refractivity contribution in [3.8, 4) is 0 Å². The van der Waals surface area contributed by atoms with Crippen LogP contribution in [-0.4, -0.2) is 28.3 Å². The van der Waals surface area contributed by atoms with Crippen LogP contribution in [0, 0.1) is 5.41 Å². The van der Waals surface area contributed by atoms with Gasteiger partial charge in [-0.05, 0) is 44.4 Å². The SMILES string of the molecule is CC(CCS(C)=O)NC1CCC(C)(C)CC1. The highest BCUT2D eigenvalue weighted by molar-refractivity contribution is 7.84. The van der Waals surface area contributed by atoms with Crippen LogP contribution in [0.2, 0.25) is 0 Å². The van der Waals surface area contributed by atoms with Gasteiger partial charge in [0, 0.05) is 34.9 Å². The van der Waals surface area contributed by atoms with Crippen LogP contribution in [-0.2, 0) is 10.8 Å². The fraction of sp³-hybridized carbons (Fsp3) is 1.00. The van der Waals surface area contributed by atoms with Crippen molar-refractivity contribution in [2.45, 2.75) is 65.0 Å². The summed E-state index contributed by atoms with van der Waals surface area (Å²) >= 11 is 0. The van der Waals surface area contributed by atoms with Crippen molar-refractivity contribution in [3.63, 3.8) is 0 Å². The fourth-order valence-electron chi connectivity index (χ4n) is 2.39. The molecule has 0 aromatic carbocycles. The lowest BCUT2D eigenvalue weighted by Gasteiger charge is -2.36. The molecular formula is C13H27NOS. The van der Waals surface area contributed by atoms with Crippen LogP contribution in [0.15, 0.2) is 0 Å². The van der Waals surface area contributed by atoms with E-state index in [1.165, 1.54) is 25.7 Å². The van der Waals surface area contributed by atoms with Crippen LogP contribution in [0.3, 0.4) is 0 Å². The van der Waals surface area contributed by atoms with E-state index < -0.39 is 10.8 Å². The first-order valence-electron chi connectivity index (χ1n) is 6.45. The summed E-state index contributed by atoms with van der Waals surface area (Å²) in [6.45, 7) is 6.95. The van der Waals surface area contributed by atoms with Crippen LogP contribution < -0.4 is 5.32 Å². The van der Waals surface area contributed by atoms with Crippen molar-refractivity contribution in [2.75, 3.05) is 12.0 Å². The lowest BCUT2D eigenvalue weighted by Crippen LogP contribution is -2.40. The van der Waals surface area contributed by atoms with E-state index in [9.17, 15) is 4.21 Å². The average Bonchev–Trinajstić information content (AvgIpc) is 2.18. The molecule has 0 bridgehead atoms. The predicted molar refractivity (Wildman–Crippen MR) is 72.2 cm³/mol. The molecule has 96 valence electrons. The zero-order valence-corrected chi connectivity index (χ0v) is 12.0. The number of hydrogen-bond donors (Lipinski definition) is 1. The summed E-state index contributed by atoms with van der Waals surface area (Å²) in [5.74, 6) is 0.826. The summed E-state index contributed by atoms with van der Waals surface area (Å²) in [4.78, 5) is 0. The van der Waals surface area contributed by atoms with E-state index in [1.807, 2.05) is 0 Å². The van der Waals surface area contributed by atoms with E-state index in [4.69, 9.17) is 0 Å². The molecule has 0 saturated heterocycles. The van der Waals surface area contributed by atoms with Crippen LogP contribution in [0.4, 0.5) is 0 Å². The third-order valence-electron chi connectivity index (χ3n) is 3.70. The van der Waals surface area contributed by atoms with Crippen LogP contribution in [0.5, 0.6) is 0 Å². The van der Waals surface area contributed by atoms with Crippen molar-refractivity contribution < 1.29 is 4.21 Å². The first-order valence-corrected chi connectivity index (χ1v) is 8.18. The highest BCUT2D eigenvalue weighted by Gasteiger charge is 2.27. The first-order chi connectivity index (χ1) is 7.39. The highest BCUT2D eigenvalue weighted by Crippen LogP contribution is 2.35. The summed E-state index contributed by atoms with van der Waals surface area (Å²) in [6.07, 6.45) is 8.08. The smallest absolute Gasteiger partial charge is 0.0246 e. The van der Waals surface area contributed by atoms with Crippen LogP contribution >= 0.6 is 0 Å². The van der Waals surface area contributed by atoms with Gasteiger partial charge in [-0.3, -0.25) is 4.21 Å². The van der Waals surface area contributed by atoms with Gasteiger partial charge in [-0.2, -0.15) is 0 Å². The minimum Gasteiger partial charge on any atom is -0.311 e. The molecule has 1 aliphatic rings. The summed E-state index contributed by atoms with van der Waals surface area (Å²) in [7, 11) is -0.645. The molecule has 0 heterocycles. The van der Waals surface area contributed by atoms with E-state index in [-0.39, 0.29) is 0 Å². The highest BCUT2D eigenvalue weighted by atomic mass is 32.2. The molecule has 1 N–H and O–H groups in total. The second-order valence-electron chi connectivity index (χ2n) is 6.07. The van der Waals surface area contributed by atoms with Gasteiger partial charge in [0.25, 0.3) is 0 Å². The Hall–Kier alpha value is 0.110. The molecule has 0 aliphatic heterocycles. The Morgan fingerprint density at radius 2 is 1.94 bits per heavy atom. The molecule has 3 heteroatoms. The van der Waals surface area contributed by atoms with Crippen molar-refractivity contribution in [1.82, 2.24) is 5.32 Å². The third kappa shape index (κ3) is 5.44. The van der Waals surface area contributed by atoms with Crippen molar-refractivity contribution in [3.05, 3.63) is 0 Å². The molecule has 16 heavy (non-hydrogen) atoms. The van der Waals surface area contributed by atoms with E-state index in [0.29, 0.717) is 17.5 Å². The number of rotatable bonds is 5. The second kappa shape index (κ2) is 6.15. The minimum atomic E-state index is -0.645. The molecule has 1 rings (SSSR count). The Morgan fingerprint density at radius 1 is 1.38 bits per heavy atom. The molecular weight excluding hydrogens is 218 g/mol. The van der Waals surface area contributed by atoms with Gasteiger partial charge >= 0.3 is 0 Å². The van der Waals surface area contributed by atoms with E-state index in [1.54, 1.807) is 6.26 Å². The summed E-state index contributed by atoms with van der Waals surface area (Å²) < 4.78 is 11.0. The Balaban J connectivity index is 2.20. The first kappa shape index (κ1) is 14.2. The average molecular weight is 245 g/mol. The molecule has 2 nitrogen and oxygen atoms in total. The molecule has 0 spiro atoms. The van der Waals surface area contributed by atoms with Gasteiger partial charge in [-0.25, -0.2) is 0 Å². The Kier molecular flexibility index (Phi) is 5.45. The second-order valence-corrected chi connectivity index (χ2v) is 7.63. The molecule has 1 saturated carbocycles. The van der Waals surface area contributed by atoms with Gasteiger partial charge in [-0.15, -0.1) is 0 Å². The molecule has 0 radical (unpaired) electrons. The van der Waals surface area contributed by atoms with E-state index >= 15 is 0 Å². The normalized spacial score (nSPS) is 25.2. The Bertz CT molecular complexity index is 230. The van der Waals surface area contributed by atoms with Gasteiger partial charge in [0.05, 0.1) is 0 Å². The summed E-state index contributed by atoms with van der Waals surface area (Å²) in [5, 5.41) is 3.68. The summed E-state index contributed by atoms with van der Waals surface area (Å²) in [5.41, 5.74) is 0.548. The van der Waals surface area contributed by atoms with Gasteiger partial charge in [0.2, 0.25) is 0 Å². The van der Waals surface area contributed by atoms with Gasteiger partial charge in [0.1, 0.15) is 0 Å². The molecule has 0 aromatic heterocycles. The third-order valence-corrected chi connectivity index (χ3v) is 4.51. The molecule has 2 unspecified atom stereocenters. The van der Waals surface area contributed by atoms with E-state index in [0.717, 1.165) is 12.2 Å². The monoisotopic (exact) mass is 245 g/mol. The van der Waals surface area contributed by atoms with Crippen LogP contribution in [0.25, 0.3) is 0 Å². The van der Waals surface area contributed by atoms with Crippen molar-refractivity contribution in [1.29, 1.82) is 0 Å². The van der Waals surface area contributed by atoms with Gasteiger partial charge in [-0.1, -0.05) is 13.8 Å². The lowest BCUT2D eigenvalue weighted by atomic mass is 9.75. The fourth-order valence-corrected chi connectivity index (χ4v) is 3.08. The maximum absolute atomic E-state index is 11.0. The number of hydrogen-bond acceptors (Lipinski definition) is 2. The van der Waals surface area contributed by atoms with E-state index in [2.05, 4.69) is 26.1 Å². The Morgan fingerprint density at radius 3 is 2.44 bits per heavy atom. The zero-order valence-electron chi connectivity index (χ0n) is 11.2. The maximum atomic E-state index is 11.0. The topological polar surface area (TPSA) is 29.1 Å². The Labute approximate surface area is 103 Å². The quantitative estimate of drug-likeness (QED) is 0.807. The summed E-state index contributed by atoms with van der Waals surface area (Å²) in [6, 6.07) is 1.20. The van der Waals surface area contributed by atoms with Gasteiger partial charge < -0.3 is 5.32 Å². The lowest BCUT2D eigenvalue weighted by molar-refractivity contribution is 0.199. The van der Waals surface area contributed by atoms with Gasteiger partial charge in [0.15, 0.2) is 0 Å². The molecule has 1 fully saturated rings. The number of nitrogens with one attached hydrogen (secondary N) is 1. The zero-order chi connectivity index (χ0) is 12.2. The van der Waals surface area contributed by atoms with Crippen molar-refractivity contribution >= 4 is 10.8 Å². The minimum absolute atomic E-state index is 0.509. The predicted octanol–water partition coefficient (Wildman–Crippen LogP) is 2.70. The van der Waals surface area contributed by atoms with Crippen LogP contribution in [0.1, 0.15) is 52.9 Å². The molecule has 1 aliphatic carbocycles. The maximum Gasteiger partial charge on any atom is 0.0246 e. The molecule has 2 atom stereocenters. The molecule has 0 aromatic rings. The molecule has 0 amide bonds. The largest absolute Gasteiger partial charge is 0.311 e. The van der Waals surface area contributed by atoms with Crippen molar-refractivity contribution in [2.24, 2.45) is 5.41 Å². The standard InChI is InChI=1S/C13H27NOS/c1-11(7-10-16(4)15)14-12-5-8-13(2,3)9-6-12/h11-12,14H,5-10H2,1-4H3.